The zero-order chi connectivity index (χ0) is 11.1. The molecule has 3 heteroatoms. The van der Waals surface area contributed by atoms with Crippen molar-refractivity contribution < 1.29 is 10.2 Å². The van der Waals surface area contributed by atoms with Crippen molar-refractivity contribution in [2.45, 2.75) is 25.8 Å². The Morgan fingerprint density at radius 3 is 2.80 bits per heavy atom. The Morgan fingerprint density at radius 2 is 2.13 bits per heavy atom. The van der Waals surface area contributed by atoms with Gasteiger partial charge in [-0.3, -0.25) is 4.90 Å². The molecule has 1 aromatic carbocycles. The summed E-state index contributed by atoms with van der Waals surface area (Å²) in [6.07, 6.45) is 0. The molecule has 2 rings (SSSR count). The van der Waals surface area contributed by atoms with E-state index in [-0.39, 0.29) is 12.1 Å². The van der Waals surface area contributed by atoms with Gasteiger partial charge in [-0.2, -0.15) is 0 Å². The third kappa shape index (κ3) is 1.85. The van der Waals surface area contributed by atoms with Crippen LogP contribution in [-0.4, -0.2) is 28.4 Å². The minimum Gasteiger partial charge on any atom is -0.508 e. The average Bonchev–Trinajstić information content (AvgIpc) is 2.18. The first kappa shape index (κ1) is 10.5. The second-order valence-electron chi connectivity index (χ2n) is 4.85. The van der Waals surface area contributed by atoms with E-state index in [0.29, 0.717) is 5.75 Å². The number of aliphatic hydroxyl groups is 1. The molecule has 0 radical (unpaired) electrons. The van der Waals surface area contributed by atoms with Crippen LogP contribution in [0.2, 0.25) is 0 Å². The van der Waals surface area contributed by atoms with Crippen LogP contribution < -0.4 is 0 Å². The fourth-order valence-electron chi connectivity index (χ4n) is 2.37. The Kier molecular flexibility index (Phi) is 2.44. The predicted molar refractivity (Wildman–Crippen MR) is 58.6 cm³/mol. The smallest absolute Gasteiger partial charge is 0.115 e. The highest BCUT2D eigenvalue weighted by Crippen LogP contribution is 2.34. The molecule has 0 saturated heterocycles. The molecule has 0 aromatic heterocycles. The molecule has 0 saturated carbocycles. The quantitative estimate of drug-likeness (QED) is 0.732. The van der Waals surface area contributed by atoms with E-state index in [1.54, 1.807) is 6.07 Å². The molecule has 0 amide bonds. The molecule has 1 heterocycles. The molecule has 3 nitrogen and oxygen atoms in total. The predicted octanol–water partition coefficient (Wildman–Crippen LogP) is 1.44. The van der Waals surface area contributed by atoms with Crippen LogP contribution in [0.25, 0.3) is 0 Å². The molecule has 1 aliphatic heterocycles. The van der Waals surface area contributed by atoms with E-state index >= 15 is 0 Å². The van der Waals surface area contributed by atoms with Crippen LogP contribution in [0.5, 0.6) is 5.75 Å². The van der Waals surface area contributed by atoms with Crippen LogP contribution in [0.3, 0.4) is 0 Å². The lowest BCUT2D eigenvalue weighted by atomic mass is 9.78. The highest BCUT2D eigenvalue weighted by Gasteiger charge is 2.31. The topological polar surface area (TPSA) is 43.7 Å². The van der Waals surface area contributed by atoms with Gasteiger partial charge in [-0.1, -0.05) is 19.9 Å². The van der Waals surface area contributed by atoms with Gasteiger partial charge in [-0.25, -0.2) is 0 Å². The second kappa shape index (κ2) is 3.51. The number of nitrogens with zero attached hydrogens (tertiary/aromatic N) is 1. The fourth-order valence-corrected chi connectivity index (χ4v) is 2.37. The Hall–Kier alpha value is -1.06. The van der Waals surface area contributed by atoms with E-state index in [9.17, 15) is 10.2 Å². The number of phenolic OH excluding ortho intramolecular Hbond substituents is 1. The summed E-state index contributed by atoms with van der Waals surface area (Å²) in [4.78, 5) is 2.00. The summed E-state index contributed by atoms with van der Waals surface area (Å²) in [5, 5.41) is 18.7. The zero-order valence-corrected chi connectivity index (χ0v) is 9.20. The SMILES string of the molecule is CC1(C)CN(CO)Cc2ccc(O)cc21. The molecule has 1 aromatic rings. The molecule has 0 atom stereocenters. The number of hydrogen-bond donors (Lipinski definition) is 2. The molecular weight excluding hydrogens is 190 g/mol. The van der Waals surface area contributed by atoms with E-state index in [1.807, 2.05) is 17.0 Å². The van der Waals surface area contributed by atoms with Gasteiger partial charge in [0.15, 0.2) is 0 Å². The minimum absolute atomic E-state index is 0.0188. The third-order valence-electron chi connectivity index (χ3n) is 3.04. The minimum atomic E-state index is -0.0188. The lowest BCUT2D eigenvalue weighted by Gasteiger charge is -2.39. The number of rotatable bonds is 1. The third-order valence-corrected chi connectivity index (χ3v) is 3.04. The van der Waals surface area contributed by atoms with E-state index in [2.05, 4.69) is 13.8 Å². The zero-order valence-electron chi connectivity index (χ0n) is 9.20. The second-order valence-corrected chi connectivity index (χ2v) is 4.85. The number of fused-ring (bicyclic) bond motifs is 1. The van der Waals surface area contributed by atoms with Crippen molar-refractivity contribution in [2.75, 3.05) is 13.3 Å². The molecule has 82 valence electrons. The van der Waals surface area contributed by atoms with E-state index in [4.69, 9.17) is 0 Å². The Morgan fingerprint density at radius 1 is 1.40 bits per heavy atom. The van der Waals surface area contributed by atoms with Gasteiger partial charge >= 0.3 is 0 Å². The monoisotopic (exact) mass is 207 g/mol. The summed E-state index contributed by atoms with van der Waals surface area (Å²) in [7, 11) is 0. The maximum atomic E-state index is 9.48. The summed E-state index contributed by atoms with van der Waals surface area (Å²) < 4.78 is 0. The number of aromatic hydroxyl groups is 1. The summed E-state index contributed by atoms with van der Waals surface area (Å²) in [6, 6.07) is 5.48. The molecule has 0 unspecified atom stereocenters. The Balaban J connectivity index is 2.45. The van der Waals surface area contributed by atoms with Crippen molar-refractivity contribution in [1.29, 1.82) is 0 Å². The van der Waals surface area contributed by atoms with Gasteiger partial charge in [-0.15, -0.1) is 0 Å². The normalized spacial score (nSPS) is 19.9. The summed E-state index contributed by atoms with van der Waals surface area (Å²) in [5.41, 5.74) is 2.36. The van der Waals surface area contributed by atoms with Crippen molar-refractivity contribution in [3.8, 4) is 5.75 Å². The number of hydrogen-bond acceptors (Lipinski definition) is 3. The Labute approximate surface area is 90.0 Å². The van der Waals surface area contributed by atoms with Crippen LogP contribution in [0.4, 0.5) is 0 Å². The van der Waals surface area contributed by atoms with Gasteiger partial charge in [-0.05, 0) is 23.3 Å². The van der Waals surface area contributed by atoms with Gasteiger partial charge in [0, 0.05) is 18.5 Å². The van der Waals surface area contributed by atoms with E-state index in [1.165, 1.54) is 11.1 Å². The van der Waals surface area contributed by atoms with Gasteiger partial charge in [0.05, 0.1) is 6.73 Å². The molecule has 0 fully saturated rings. The van der Waals surface area contributed by atoms with Gasteiger partial charge < -0.3 is 10.2 Å². The van der Waals surface area contributed by atoms with Crippen LogP contribution in [0.15, 0.2) is 18.2 Å². The maximum Gasteiger partial charge on any atom is 0.115 e. The van der Waals surface area contributed by atoms with Crippen molar-refractivity contribution >= 4 is 0 Å². The summed E-state index contributed by atoms with van der Waals surface area (Å²) in [6.45, 7) is 5.93. The van der Waals surface area contributed by atoms with Crippen LogP contribution >= 0.6 is 0 Å². The molecular formula is C12H17NO2. The van der Waals surface area contributed by atoms with Gasteiger partial charge in [0.25, 0.3) is 0 Å². The first-order chi connectivity index (χ1) is 7.03. The molecule has 0 aliphatic carbocycles. The molecule has 15 heavy (non-hydrogen) atoms. The highest BCUT2D eigenvalue weighted by molar-refractivity contribution is 5.41. The highest BCUT2D eigenvalue weighted by atomic mass is 16.3. The number of benzene rings is 1. The van der Waals surface area contributed by atoms with E-state index < -0.39 is 0 Å². The average molecular weight is 207 g/mol. The van der Waals surface area contributed by atoms with Crippen LogP contribution in [0.1, 0.15) is 25.0 Å². The van der Waals surface area contributed by atoms with Crippen molar-refractivity contribution in [3.63, 3.8) is 0 Å². The van der Waals surface area contributed by atoms with E-state index in [0.717, 1.165) is 13.1 Å². The number of phenols is 1. The molecule has 1 aliphatic rings. The van der Waals surface area contributed by atoms with Crippen molar-refractivity contribution in [2.24, 2.45) is 0 Å². The lowest BCUT2D eigenvalue weighted by molar-refractivity contribution is 0.0722. The lowest BCUT2D eigenvalue weighted by Crippen LogP contribution is -2.42. The molecule has 0 bridgehead atoms. The first-order valence-corrected chi connectivity index (χ1v) is 5.18. The van der Waals surface area contributed by atoms with Crippen molar-refractivity contribution in [1.82, 2.24) is 4.90 Å². The number of aliphatic hydroxyl groups excluding tert-OH is 1. The fraction of sp³-hybridized carbons (Fsp3) is 0.500. The standard InChI is InChI=1S/C12H17NO2/c1-12(2)7-13(8-14)6-9-3-4-10(15)5-11(9)12/h3-5,14-15H,6-8H2,1-2H3. The first-order valence-electron chi connectivity index (χ1n) is 5.18. The summed E-state index contributed by atoms with van der Waals surface area (Å²) in [5.74, 6) is 0.319. The molecule has 2 N–H and O–H groups in total. The maximum absolute atomic E-state index is 9.48. The van der Waals surface area contributed by atoms with Crippen LogP contribution in [0, 0.1) is 0 Å². The largest absolute Gasteiger partial charge is 0.508 e. The van der Waals surface area contributed by atoms with Gasteiger partial charge in [0.1, 0.15) is 5.75 Å². The Bertz CT molecular complexity index is 374. The van der Waals surface area contributed by atoms with Gasteiger partial charge in [0.2, 0.25) is 0 Å². The molecule has 0 spiro atoms. The van der Waals surface area contributed by atoms with Crippen LogP contribution in [-0.2, 0) is 12.0 Å². The summed E-state index contributed by atoms with van der Waals surface area (Å²) >= 11 is 0. The van der Waals surface area contributed by atoms with Crippen molar-refractivity contribution in [3.05, 3.63) is 29.3 Å².